The molecule has 1 aromatic heterocycles. The number of pyridine rings is 1. The summed E-state index contributed by atoms with van der Waals surface area (Å²) in [5.74, 6) is 0.686. The van der Waals surface area contributed by atoms with Crippen molar-refractivity contribution in [2.45, 2.75) is 6.42 Å². The van der Waals surface area contributed by atoms with Crippen LogP contribution < -0.4 is 4.90 Å². The first-order valence-corrected chi connectivity index (χ1v) is 5.58. The van der Waals surface area contributed by atoms with Gasteiger partial charge < -0.3 is 9.64 Å². The van der Waals surface area contributed by atoms with Crippen molar-refractivity contribution in [3.8, 4) is 6.07 Å². The molecule has 0 unspecified atom stereocenters. The Morgan fingerprint density at radius 1 is 1.44 bits per heavy atom. The standard InChI is InChI=1S/C11H12ClN3O/c12-10-9(8-13)2-3-14-11(10)15-4-1-6-16-7-5-15/h2-3H,1,4-7H2. The fourth-order valence-electron chi connectivity index (χ4n) is 1.70. The van der Waals surface area contributed by atoms with E-state index >= 15 is 0 Å². The average Bonchev–Trinajstić information content (AvgIpc) is 2.58. The summed E-state index contributed by atoms with van der Waals surface area (Å²) in [5, 5.41) is 9.33. The molecule has 5 heteroatoms. The van der Waals surface area contributed by atoms with Gasteiger partial charge in [-0.05, 0) is 12.5 Å². The molecule has 1 fully saturated rings. The minimum absolute atomic E-state index is 0.437. The summed E-state index contributed by atoms with van der Waals surface area (Å²) in [6.07, 6.45) is 2.57. The summed E-state index contributed by atoms with van der Waals surface area (Å²) in [5.41, 5.74) is 0.469. The normalized spacial score (nSPS) is 16.6. The van der Waals surface area contributed by atoms with E-state index < -0.39 is 0 Å². The molecule has 84 valence electrons. The average molecular weight is 238 g/mol. The molecule has 2 heterocycles. The van der Waals surface area contributed by atoms with Gasteiger partial charge in [0.15, 0.2) is 0 Å². The summed E-state index contributed by atoms with van der Waals surface area (Å²) in [7, 11) is 0. The fourth-order valence-corrected chi connectivity index (χ4v) is 1.97. The maximum absolute atomic E-state index is 8.89. The molecule has 0 radical (unpaired) electrons. The molecule has 4 nitrogen and oxygen atoms in total. The van der Waals surface area contributed by atoms with Crippen LogP contribution in [0.1, 0.15) is 12.0 Å². The topological polar surface area (TPSA) is 49.2 Å². The molecule has 0 atom stereocenters. The van der Waals surface area contributed by atoms with Crippen LogP contribution in [0.4, 0.5) is 5.82 Å². The van der Waals surface area contributed by atoms with Crippen LogP contribution in [-0.2, 0) is 4.74 Å². The number of halogens is 1. The number of nitriles is 1. The van der Waals surface area contributed by atoms with Gasteiger partial charge in [-0.25, -0.2) is 4.98 Å². The lowest BCUT2D eigenvalue weighted by molar-refractivity contribution is 0.152. The van der Waals surface area contributed by atoms with Gasteiger partial charge in [-0.2, -0.15) is 5.26 Å². The van der Waals surface area contributed by atoms with E-state index in [2.05, 4.69) is 16.0 Å². The van der Waals surface area contributed by atoms with Crippen LogP contribution in [0.25, 0.3) is 0 Å². The van der Waals surface area contributed by atoms with Crippen LogP contribution in [0.3, 0.4) is 0 Å². The van der Waals surface area contributed by atoms with Crippen molar-refractivity contribution in [3.63, 3.8) is 0 Å². The number of anilines is 1. The van der Waals surface area contributed by atoms with Gasteiger partial charge in [0.25, 0.3) is 0 Å². The second-order valence-electron chi connectivity index (χ2n) is 3.56. The Balaban J connectivity index is 2.28. The second kappa shape index (κ2) is 5.15. The van der Waals surface area contributed by atoms with E-state index in [1.165, 1.54) is 0 Å². The molecule has 0 N–H and O–H groups in total. The van der Waals surface area contributed by atoms with Crippen molar-refractivity contribution >= 4 is 17.4 Å². The Bertz CT molecular complexity index is 408. The van der Waals surface area contributed by atoms with Crippen LogP contribution >= 0.6 is 11.6 Å². The van der Waals surface area contributed by atoms with E-state index in [1.807, 2.05) is 0 Å². The zero-order valence-corrected chi connectivity index (χ0v) is 9.57. The summed E-state index contributed by atoms with van der Waals surface area (Å²) in [6.45, 7) is 3.07. The third-order valence-corrected chi connectivity index (χ3v) is 2.89. The van der Waals surface area contributed by atoms with Gasteiger partial charge in [0, 0.05) is 25.9 Å². The molecule has 1 aromatic rings. The van der Waals surface area contributed by atoms with Crippen LogP contribution in [0.2, 0.25) is 5.02 Å². The highest BCUT2D eigenvalue weighted by molar-refractivity contribution is 6.34. The molecule has 0 aromatic carbocycles. The SMILES string of the molecule is N#Cc1ccnc(N2CCCOCC2)c1Cl. The minimum atomic E-state index is 0.437. The van der Waals surface area contributed by atoms with E-state index in [0.717, 1.165) is 26.1 Å². The zero-order chi connectivity index (χ0) is 11.4. The molecule has 0 bridgehead atoms. The van der Waals surface area contributed by atoms with Crippen molar-refractivity contribution in [3.05, 3.63) is 22.8 Å². The highest BCUT2D eigenvalue weighted by Gasteiger charge is 2.16. The maximum Gasteiger partial charge on any atom is 0.148 e. The van der Waals surface area contributed by atoms with Crippen LogP contribution in [-0.4, -0.2) is 31.3 Å². The fraction of sp³-hybridized carbons (Fsp3) is 0.455. The Hall–Kier alpha value is -1.31. The second-order valence-corrected chi connectivity index (χ2v) is 3.94. The predicted octanol–water partition coefficient (Wildman–Crippen LogP) is 1.83. The molecule has 1 aliphatic heterocycles. The Kier molecular flexibility index (Phi) is 3.60. The quantitative estimate of drug-likeness (QED) is 0.748. The summed E-state index contributed by atoms with van der Waals surface area (Å²) < 4.78 is 5.37. The Morgan fingerprint density at radius 2 is 2.31 bits per heavy atom. The zero-order valence-electron chi connectivity index (χ0n) is 8.82. The molecule has 0 aliphatic carbocycles. The van der Waals surface area contributed by atoms with Crippen molar-refractivity contribution in [1.82, 2.24) is 4.98 Å². The van der Waals surface area contributed by atoms with E-state index in [1.54, 1.807) is 12.3 Å². The number of hydrogen-bond donors (Lipinski definition) is 0. The Labute approximate surface area is 99.4 Å². The lowest BCUT2D eigenvalue weighted by Gasteiger charge is -2.21. The van der Waals surface area contributed by atoms with Gasteiger partial charge in [-0.3, -0.25) is 0 Å². The summed E-state index contributed by atoms with van der Waals surface area (Å²) in [6, 6.07) is 3.69. The molecular formula is C11H12ClN3O. The number of ether oxygens (including phenoxy) is 1. The van der Waals surface area contributed by atoms with E-state index in [4.69, 9.17) is 21.6 Å². The monoisotopic (exact) mass is 237 g/mol. The summed E-state index contributed by atoms with van der Waals surface area (Å²) >= 11 is 6.13. The number of hydrogen-bond acceptors (Lipinski definition) is 4. The van der Waals surface area contributed by atoms with E-state index in [9.17, 15) is 0 Å². The van der Waals surface area contributed by atoms with Crippen LogP contribution in [0, 0.1) is 11.3 Å². The highest BCUT2D eigenvalue weighted by atomic mass is 35.5. The van der Waals surface area contributed by atoms with Gasteiger partial charge in [0.2, 0.25) is 0 Å². The smallest absolute Gasteiger partial charge is 0.148 e. The molecular weight excluding hydrogens is 226 g/mol. The lowest BCUT2D eigenvalue weighted by Crippen LogP contribution is -2.27. The number of rotatable bonds is 1. The highest BCUT2D eigenvalue weighted by Crippen LogP contribution is 2.26. The van der Waals surface area contributed by atoms with Gasteiger partial charge in [-0.1, -0.05) is 11.6 Å². The molecule has 1 aliphatic rings. The van der Waals surface area contributed by atoms with Crippen molar-refractivity contribution in [1.29, 1.82) is 5.26 Å². The van der Waals surface area contributed by atoms with E-state index in [-0.39, 0.29) is 0 Å². The van der Waals surface area contributed by atoms with Crippen molar-refractivity contribution in [2.75, 3.05) is 31.2 Å². The Morgan fingerprint density at radius 3 is 3.12 bits per heavy atom. The van der Waals surface area contributed by atoms with Crippen molar-refractivity contribution in [2.24, 2.45) is 0 Å². The van der Waals surface area contributed by atoms with Gasteiger partial charge in [-0.15, -0.1) is 0 Å². The molecule has 0 amide bonds. The molecule has 16 heavy (non-hydrogen) atoms. The first-order chi connectivity index (χ1) is 7.83. The van der Waals surface area contributed by atoms with Crippen LogP contribution in [0.15, 0.2) is 12.3 Å². The summed E-state index contributed by atoms with van der Waals surface area (Å²) in [4.78, 5) is 6.31. The lowest BCUT2D eigenvalue weighted by atomic mass is 10.2. The number of nitrogens with zero attached hydrogens (tertiary/aromatic N) is 3. The molecule has 0 saturated carbocycles. The first-order valence-electron chi connectivity index (χ1n) is 5.20. The first kappa shape index (κ1) is 11.2. The largest absolute Gasteiger partial charge is 0.380 e. The predicted molar refractivity (Wildman–Crippen MR) is 61.6 cm³/mol. The van der Waals surface area contributed by atoms with Gasteiger partial charge >= 0.3 is 0 Å². The molecule has 2 rings (SSSR count). The maximum atomic E-state index is 8.89. The van der Waals surface area contributed by atoms with Gasteiger partial charge in [0.1, 0.15) is 16.9 Å². The third kappa shape index (κ3) is 2.26. The third-order valence-electron chi connectivity index (χ3n) is 2.51. The van der Waals surface area contributed by atoms with Crippen LogP contribution in [0.5, 0.6) is 0 Å². The van der Waals surface area contributed by atoms with Crippen molar-refractivity contribution < 1.29 is 4.74 Å². The molecule has 0 spiro atoms. The van der Waals surface area contributed by atoms with E-state index in [0.29, 0.717) is 23.0 Å². The minimum Gasteiger partial charge on any atom is -0.380 e. The van der Waals surface area contributed by atoms with Gasteiger partial charge in [0.05, 0.1) is 12.2 Å². The number of aromatic nitrogens is 1. The molecule has 1 saturated heterocycles.